The van der Waals surface area contributed by atoms with E-state index in [2.05, 4.69) is 15.0 Å². The summed E-state index contributed by atoms with van der Waals surface area (Å²) in [6, 6.07) is 12.4. The van der Waals surface area contributed by atoms with Gasteiger partial charge in [-0.3, -0.25) is 19.3 Å². The number of rotatable bonds is 4. The van der Waals surface area contributed by atoms with E-state index in [1.165, 1.54) is 17.9 Å². The monoisotopic (exact) mass is 400 g/mol. The molecule has 0 fully saturated rings. The predicted octanol–water partition coefficient (Wildman–Crippen LogP) is 1.73. The van der Waals surface area contributed by atoms with Crippen molar-refractivity contribution in [3.05, 3.63) is 54.1 Å². The number of amidine groups is 1. The lowest BCUT2D eigenvalue weighted by Crippen LogP contribution is -2.29. The molecule has 0 aliphatic carbocycles. The van der Waals surface area contributed by atoms with Crippen LogP contribution in [0.4, 0.5) is 11.4 Å². The summed E-state index contributed by atoms with van der Waals surface area (Å²) in [6.07, 6.45) is 0. The van der Waals surface area contributed by atoms with Gasteiger partial charge in [-0.2, -0.15) is 0 Å². The smallest absolute Gasteiger partial charge is 0.263 e. The van der Waals surface area contributed by atoms with Crippen molar-refractivity contribution in [2.24, 2.45) is 4.99 Å². The maximum Gasteiger partial charge on any atom is 0.263 e. The molecule has 2 amide bonds. The van der Waals surface area contributed by atoms with Gasteiger partial charge in [-0.05, 0) is 43.3 Å². The molecule has 0 unspecified atom stereocenters. The molecular weight excluding hydrogens is 380 g/mol. The lowest BCUT2D eigenvalue weighted by atomic mass is 10.2. The van der Waals surface area contributed by atoms with Gasteiger partial charge in [-0.15, -0.1) is 0 Å². The Balaban J connectivity index is 1.74. The van der Waals surface area contributed by atoms with Crippen molar-refractivity contribution < 1.29 is 18.0 Å². The van der Waals surface area contributed by atoms with Gasteiger partial charge in [0.15, 0.2) is 0 Å². The fourth-order valence-corrected chi connectivity index (χ4v) is 3.92. The molecule has 1 aliphatic rings. The molecule has 2 aromatic carbocycles. The molecule has 9 heteroatoms. The summed E-state index contributed by atoms with van der Waals surface area (Å²) in [5.74, 6) is -0.332. The van der Waals surface area contributed by atoms with E-state index in [9.17, 15) is 18.0 Å². The molecule has 2 aromatic rings. The van der Waals surface area contributed by atoms with E-state index in [0.717, 1.165) is 0 Å². The van der Waals surface area contributed by atoms with Crippen LogP contribution in [0.25, 0.3) is 0 Å². The van der Waals surface area contributed by atoms with Crippen molar-refractivity contribution in [2.75, 3.05) is 17.3 Å². The molecule has 1 heterocycles. The highest BCUT2D eigenvalue weighted by Gasteiger charge is 2.31. The Morgan fingerprint density at radius 2 is 1.75 bits per heavy atom. The molecule has 0 bridgehead atoms. The maximum absolute atomic E-state index is 12.4. The Morgan fingerprint density at radius 1 is 1.11 bits per heavy atom. The van der Waals surface area contributed by atoms with Crippen LogP contribution in [-0.2, 0) is 19.6 Å². The second-order valence-electron chi connectivity index (χ2n) is 6.37. The average Bonchev–Trinajstić information content (AvgIpc) is 2.92. The molecule has 0 saturated heterocycles. The van der Waals surface area contributed by atoms with Crippen molar-refractivity contribution in [3.63, 3.8) is 0 Å². The minimum Gasteiger partial charge on any atom is -0.324 e. The van der Waals surface area contributed by atoms with Crippen LogP contribution in [0.5, 0.6) is 0 Å². The van der Waals surface area contributed by atoms with E-state index in [1.54, 1.807) is 56.4 Å². The zero-order valence-electron chi connectivity index (χ0n) is 15.6. The van der Waals surface area contributed by atoms with E-state index >= 15 is 0 Å². The highest BCUT2D eigenvalue weighted by atomic mass is 32.2. The number of carbonyl (C=O) groups is 2. The van der Waals surface area contributed by atoms with Crippen molar-refractivity contribution in [1.82, 2.24) is 4.72 Å². The largest absolute Gasteiger partial charge is 0.324 e. The third kappa shape index (κ3) is 3.89. The van der Waals surface area contributed by atoms with E-state index < -0.39 is 16.1 Å². The minimum atomic E-state index is -3.65. The number of carbonyl (C=O) groups excluding carboxylic acids is 2. The molecule has 3 rings (SSSR count). The number of nitrogens with one attached hydrogen (secondary N) is 2. The highest BCUT2D eigenvalue weighted by Crippen LogP contribution is 2.23. The quantitative estimate of drug-likeness (QED) is 0.815. The van der Waals surface area contributed by atoms with E-state index in [4.69, 9.17) is 0 Å². The normalized spacial score (nSPS) is 16.8. The summed E-state index contributed by atoms with van der Waals surface area (Å²) in [5, 5.41) is 2.73. The van der Waals surface area contributed by atoms with E-state index in [0.29, 0.717) is 16.9 Å². The summed E-state index contributed by atoms with van der Waals surface area (Å²) >= 11 is 0. The molecular formula is C19H20N4O4S. The van der Waals surface area contributed by atoms with Crippen molar-refractivity contribution in [3.8, 4) is 0 Å². The predicted molar refractivity (Wildman–Crippen MR) is 107 cm³/mol. The lowest BCUT2D eigenvalue weighted by Gasteiger charge is -2.15. The number of aliphatic imine (C=N–C) groups is 1. The van der Waals surface area contributed by atoms with Gasteiger partial charge in [0.05, 0.1) is 4.90 Å². The number of amides is 2. The number of sulfonamides is 1. The van der Waals surface area contributed by atoms with Crippen LogP contribution in [0.2, 0.25) is 0 Å². The first kappa shape index (κ1) is 19.6. The second-order valence-corrected chi connectivity index (χ2v) is 8.02. The lowest BCUT2D eigenvalue weighted by molar-refractivity contribution is -0.117. The third-order valence-electron chi connectivity index (χ3n) is 4.36. The first-order valence-corrected chi connectivity index (χ1v) is 10.0. The van der Waals surface area contributed by atoms with Gasteiger partial charge in [0.25, 0.3) is 10.0 Å². The number of anilines is 2. The van der Waals surface area contributed by atoms with E-state index in [-0.39, 0.29) is 22.5 Å². The average molecular weight is 400 g/mol. The molecule has 2 N–H and O–H groups in total. The molecule has 146 valence electrons. The van der Waals surface area contributed by atoms with Crippen molar-refractivity contribution in [2.45, 2.75) is 24.8 Å². The fourth-order valence-electron chi connectivity index (χ4n) is 2.68. The van der Waals surface area contributed by atoms with Gasteiger partial charge >= 0.3 is 0 Å². The summed E-state index contributed by atoms with van der Waals surface area (Å²) < 4.78 is 26.6. The van der Waals surface area contributed by atoms with Gasteiger partial charge in [-0.1, -0.05) is 12.1 Å². The zero-order valence-corrected chi connectivity index (χ0v) is 16.4. The summed E-state index contributed by atoms with van der Waals surface area (Å²) in [7, 11) is -1.99. The summed E-state index contributed by atoms with van der Waals surface area (Å²) in [5.41, 5.74) is 1.69. The number of nitrogens with zero attached hydrogens (tertiary/aromatic N) is 2. The molecule has 0 radical (unpaired) electrons. The molecule has 1 aliphatic heterocycles. The van der Waals surface area contributed by atoms with Gasteiger partial charge in [0.1, 0.15) is 11.9 Å². The van der Waals surface area contributed by atoms with Gasteiger partial charge in [0, 0.05) is 30.9 Å². The van der Waals surface area contributed by atoms with Gasteiger partial charge in [-0.25, -0.2) is 8.42 Å². The Kier molecular flexibility index (Phi) is 5.19. The summed E-state index contributed by atoms with van der Waals surface area (Å²) in [4.78, 5) is 29.7. The standard InChI is InChI=1S/C19H20N4O4S/c1-12(20-18-16-6-4-5-7-17(16)28(26,27)22-18)19(25)21-14-8-10-15(11-9-14)23(3)13(2)24/h4-12H,1-3H3,(H,20,22)(H,21,25)/t12-/m0/s1. The molecule has 8 nitrogen and oxygen atoms in total. The van der Waals surface area contributed by atoms with Crippen molar-refractivity contribution >= 4 is 39.0 Å². The first-order chi connectivity index (χ1) is 13.2. The number of hydrogen-bond acceptors (Lipinski definition) is 5. The van der Waals surface area contributed by atoms with Gasteiger partial charge in [0.2, 0.25) is 11.8 Å². The van der Waals surface area contributed by atoms with Crippen LogP contribution in [0.1, 0.15) is 19.4 Å². The molecule has 0 aromatic heterocycles. The topological polar surface area (TPSA) is 108 Å². The number of hydrogen-bond donors (Lipinski definition) is 2. The molecule has 0 spiro atoms. The fraction of sp³-hybridized carbons (Fsp3) is 0.211. The number of fused-ring (bicyclic) bond motifs is 1. The van der Waals surface area contributed by atoms with Crippen LogP contribution in [0, 0.1) is 0 Å². The second kappa shape index (κ2) is 7.43. The van der Waals surface area contributed by atoms with Crippen molar-refractivity contribution in [1.29, 1.82) is 0 Å². The Hall–Kier alpha value is -3.20. The van der Waals surface area contributed by atoms with Crippen LogP contribution in [-0.4, -0.2) is 39.2 Å². The Morgan fingerprint density at radius 3 is 2.39 bits per heavy atom. The molecule has 1 atom stereocenters. The SMILES string of the molecule is CC(=O)N(C)c1ccc(NC(=O)[C@H](C)N=C2NS(=O)(=O)c3ccccc32)cc1. The minimum absolute atomic E-state index is 0.0967. The van der Waals surface area contributed by atoms with E-state index in [1.807, 2.05) is 0 Å². The van der Waals surface area contributed by atoms with Gasteiger partial charge < -0.3 is 10.2 Å². The Bertz CT molecular complexity index is 1060. The van der Waals surface area contributed by atoms with Crippen LogP contribution < -0.4 is 14.9 Å². The number of benzene rings is 2. The Labute approximate surface area is 163 Å². The zero-order chi connectivity index (χ0) is 20.5. The van der Waals surface area contributed by atoms with Crippen LogP contribution in [0.15, 0.2) is 58.4 Å². The molecule has 0 saturated carbocycles. The molecule has 28 heavy (non-hydrogen) atoms. The highest BCUT2D eigenvalue weighted by molar-refractivity contribution is 7.90. The summed E-state index contributed by atoms with van der Waals surface area (Å²) in [6.45, 7) is 3.04. The van der Waals surface area contributed by atoms with Crippen LogP contribution in [0.3, 0.4) is 0 Å². The third-order valence-corrected chi connectivity index (χ3v) is 5.76. The maximum atomic E-state index is 12.4. The van der Waals surface area contributed by atoms with Crippen LogP contribution >= 0.6 is 0 Å². The first-order valence-electron chi connectivity index (χ1n) is 8.54.